The number of nitrogens with zero attached hydrogens (tertiary/aromatic N) is 4. The average molecular weight is 393 g/mol. The Morgan fingerprint density at radius 3 is 2.72 bits per heavy atom. The third kappa shape index (κ3) is 3.81. The van der Waals surface area contributed by atoms with Crippen molar-refractivity contribution in [2.75, 3.05) is 0 Å². The van der Waals surface area contributed by atoms with Crippen molar-refractivity contribution >= 4 is 16.9 Å². The smallest absolute Gasteiger partial charge is 0.267 e. The van der Waals surface area contributed by atoms with Gasteiger partial charge in [0, 0.05) is 13.1 Å². The summed E-state index contributed by atoms with van der Waals surface area (Å²) >= 11 is 0. The fourth-order valence-electron chi connectivity index (χ4n) is 4.04. The van der Waals surface area contributed by atoms with Crippen molar-refractivity contribution < 1.29 is 4.79 Å². The molecule has 0 spiro atoms. The highest BCUT2D eigenvalue weighted by Crippen LogP contribution is 2.24. The van der Waals surface area contributed by atoms with Gasteiger partial charge >= 0.3 is 0 Å². The second kappa shape index (κ2) is 7.81. The van der Waals surface area contributed by atoms with Gasteiger partial charge in [0.05, 0.1) is 22.8 Å². The molecular formula is C22H27N5O2. The second-order valence-corrected chi connectivity index (χ2v) is 8.13. The number of amides is 1. The molecule has 0 saturated heterocycles. The number of imidazole rings is 1. The van der Waals surface area contributed by atoms with Gasteiger partial charge in [0.1, 0.15) is 12.4 Å². The van der Waals surface area contributed by atoms with E-state index >= 15 is 0 Å². The Hall–Kier alpha value is -2.96. The molecule has 3 aromatic rings. The SMILES string of the molecule is CC(C)[C@H](NC(=O)Cn1nc2c(cc1=O)CCCC2)c1nc2ccccc2n1C. The Kier molecular flexibility index (Phi) is 5.22. The molecule has 1 N–H and O–H groups in total. The molecule has 1 amide bonds. The molecule has 0 radical (unpaired) electrons. The van der Waals surface area contributed by atoms with E-state index < -0.39 is 0 Å². The van der Waals surface area contributed by atoms with Gasteiger partial charge in [-0.15, -0.1) is 0 Å². The van der Waals surface area contributed by atoms with E-state index in [2.05, 4.69) is 10.4 Å². The molecule has 0 fully saturated rings. The number of benzene rings is 1. The van der Waals surface area contributed by atoms with Crippen molar-refractivity contribution in [2.24, 2.45) is 13.0 Å². The van der Waals surface area contributed by atoms with E-state index in [-0.39, 0.29) is 30.0 Å². The van der Waals surface area contributed by atoms with Gasteiger partial charge in [-0.05, 0) is 49.3 Å². The van der Waals surface area contributed by atoms with Crippen LogP contribution >= 0.6 is 0 Å². The van der Waals surface area contributed by atoms with Crippen molar-refractivity contribution in [1.29, 1.82) is 0 Å². The maximum atomic E-state index is 12.8. The number of carbonyl (C=O) groups excluding carboxylic acids is 1. The first-order valence-electron chi connectivity index (χ1n) is 10.2. The fraction of sp³-hybridized carbons (Fsp3) is 0.455. The highest BCUT2D eigenvalue weighted by Gasteiger charge is 2.24. The minimum absolute atomic E-state index is 0.0841. The van der Waals surface area contributed by atoms with E-state index in [1.165, 1.54) is 4.68 Å². The van der Waals surface area contributed by atoms with Crippen molar-refractivity contribution in [3.8, 4) is 0 Å². The highest BCUT2D eigenvalue weighted by atomic mass is 16.2. The molecule has 4 rings (SSSR count). The molecule has 152 valence electrons. The van der Waals surface area contributed by atoms with E-state index in [0.717, 1.165) is 53.8 Å². The minimum atomic E-state index is -0.256. The zero-order valence-electron chi connectivity index (χ0n) is 17.2. The lowest BCUT2D eigenvalue weighted by Gasteiger charge is -2.22. The number of aryl methyl sites for hydroxylation is 3. The van der Waals surface area contributed by atoms with E-state index in [4.69, 9.17) is 4.98 Å². The summed E-state index contributed by atoms with van der Waals surface area (Å²) in [5, 5.41) is 7.52. The molecule has 0 unspecified atom stereocenters. The molecule has 1 aliphatic rings. The number of nitrogens with one attached hydrogen (secondary N) is 1. The standard InChI is InChI=1S/C22H27N5O2/c1-14(2)21(22-23-17-10-6-7-11-18(17)26(22)3)24-19(28)13-27-20(29)12-15-8-4-5-9-16(15)25-27/h6-7,10-12,14,21H,4-5,8-9,13H2,1-3H3,(H,24,28)/t21-/m0/s1. The summed E-state index contributed by atoms with van der Waals surface area (Å²) in [6.45, 7) is 4.01. The molecule has 0 saturated carbocycles. The van der Waals surface area contributed by atoms with Crippen LogP contribution in [0.15, 0.2) is 35.1 Å². The molecular weight excluding hydrogens is 366 g/mol. The maximum Gasteiger partial charge on any atom is 0.267 e. The summed E-state index contributed by atoms with van der Waals surface area (Å²) in [5.41, 5.74) is 3.68. The third-order valence-electron chi connectivity index (χ3n) is 5.65. The lowest BCUT2D eigenvalue weighted by atomic mass is 9.97. The first kappa shape index (κ1) is 19.4. The lowest BCUT2D eigenvalue weighted by molar-refractivity contribution is -0.123. The van der Waals surface area contributed by atoms with E-state index in [1.54, 1.807) is 6.07 Å². The number of hydrogen-bond acceptors (Lipinski definition) is 4. The molecule has 1 aromatic carbocycles. The molecule has 7 heteroatoms. The zero-order valence-corrected chi connectivity index (χ0v) is 17.2. The van der Waals surface area contributed by atoms with Crippen molar-refractivity contribution in [3.63, 3.8) is 0 Å². The highest BCUT2D eigenvalue weighted by molar-refractivity contribution is 5.78. The number of hydrogen-bond donors (Lipinski definition) is 1. The van der Waals surface area contributed by atoms with Crippen LogP contribution in [0.4, 0.5) is 0 Å². The van der Waals surface area contributed by atoms with Gasteiger partial charge < -0.3 is 9.88 Å². The van der Waals surface area contributed by atoms with Crippen LogP contribution in [0.2, 0.25) is 0 Å². The summed E-state index contributed by atoms with van der Waals surface area (Å²) in [6.07, 6.45) is 3.93. The second-order valence-electron chi connectivity index (χ2n) is 8.13. The number of carbonyl (C=O) groups is 1. The Labute approximate surface area is 169 Å². The molecule has 0 aliphatic heterocycles. The van der Waals surface area contributed by atoms with Crippen LogP contribution < -0.4 is 10.9 Å². The Morgan fingerprint density at radius 1 is 1.21 bits per heavy atom. The minimum Gasteiger partial charge on any atom is -0.344 e. The topological polar surface area (TPSA) is 81.8 Å². The van der Waals surface area contributed by atoms with Crippen LogP contribution in [0, 0.1) is 5.92 Å². The molecule has 1 atom stereocenters. The summed E-state index contributed by atoms with van der Waals surface area (Å²) in [7, 11) is 1.96. The Morgan fingerprint density at radius 2 is 1.97 bits per heavy atom. The molecule has 7 nitrogen and oxygen atoms in total. The first-order valence-corrected chi connectivity index (χ1v) is 10.2. The maximum absolute atomic E-state index is 12.8. The Balaban J connectivity index is 1.57. The van der Waals surface area contributed by atoms with Crippen LogP contribution in [0.3, 0.4) is 0 Å². The molecule has 1 aliphatic carbocycles. The van der Waals surface area contributed by atoms with Gasteiger partial charge in [-0.1, -0.05) is 26.0 Å². The number of aromatic nitrogens is 4. The Bertz CT molecular complexity index is 1110. The molecule has 2 aromatic heterocycles. The van der Waals surface area contributed by atoms with Gasteiger partial charge in [-0.3, -0.25) is 9.59 Å². The number of rotatable bonds is 5. The quantitative estimate of drug-likeness (QED) is 0.722. The van der Waals surface area contributed by atoms with Crippen molar-refractivity contribution in [3.05, 3.63) is 57.8 Å². The van der Waals surface area contributed by atoms with Gasteiger partial charge in [0.15, 0.2) is 0 Å². The van der Waals surface area contributed by atoms with Crippen LogP contribution in [-0.2, 0) is 31.2 Å². The largest absolute Gasteiger partial charge is 0.344 e. The lowest BCUT2D eigenvalue weighted by Crippen LogP contribution is -2.38. The van der Waals surface area contributed by atoms with Gasteiger partial charge in [-0.2, -0.15) is 5.10 Å². The molecule has 0 bridgehead atoms. The van der Waals surface area contributed by atoms with Gasteiger partial charge in [0.2, 0.25) is 5.91 Å². The number of para-hydroxylation sites is 2. The number of fused-ring (bicyclic) bond motifs is 2. The summed E-state index contributed by atoms with van der Waals surface area (Å²) in [5.74, 6) is 0.712. The third-order valence-corrected chi connectivity index (χ3v) is 5.65. The van der Waals surface area contributed by atoms with Crippen molar-refractivity contribution in [2.45, 2.75) is 52.1 Å². The summed E-state index contributed by atoms with van der Waals surface area (Å²) in [6, 6.07) is 9.30. The zero-order chi connectivity index (χ0) is 20.5. The first-order chi connectivity index (χ1) is 13.9. The van der Waals surface area contributed by atoms with Crippen LogP contribution in [-0.4, -0.2) is 25.2 Å². The summed E-state index contributed by atoms with van der Waals surface area (Å²) < 4.78 is 3.30. The van der Waals surface area contributed by atoms with Crippen LogP contribution in [0.5, 0.6) is 0 Å². The van der Waals surface area contributed by atoms with Gasteiger partial charge in [-0.25, -0.2) is 9.67 Å². The fourth-order valence-corrected chi connectivity index (χ4v) is 4.04. The normalized spacial score (nSPS) is 14.8. The van der Waals surface area contributed by atoms with Crippen LogP contribution in [0.25, 0.3) is 11.0 Å². The molecule has 2 heterocycles. The van der Waals surface area contributed by atoms with E-state index in [0.29, 0.717) is 0 Å². The average Bonchev–Trinajstić information content (AvgIpc) is 3.03. The van der Waals surface area contributed by atoms with Gasteiger partial charge in [0.25, 0.3) is 5.56 Å². The van der Waals surface area contributed by atoms with Crippen LogP contribution in [0.1, 0.15) is 49.8 Å². The predicted molar refractivity (Wildman–Crippen MR) is 112 cm³/mol. The van der Waals surface area contributed by atoms with E-state index in [9.17, 15) is 9.59 Å². The van der Waals surface area contributed by atoms with Crippen molar-refractivity contribution in [1.82, 2.24) is 24.6 Å². The molecule has 29 heavy (non-hydrogen) atoms. The monoisotopic (exact) mass is 393 g/mol. The summed E-state index contributed by atoms with van der Waals surface area (Å²) in [4.78, 5) is 29.9. The predicted octanol–water partition coefficient (Wildman–Crippen LogP) is 2.52. The van der Waals surface area contributed by atoms with E-state index in [1.807, 2.05) is 49.7 Å².